The molecule has 0 radical (unpaired) electrons. The quantitative estimate of drug-likeness (QED) is 0.558. The number of nitrogens with one attached hydrogen (secondary N) is 1. The number of amides is 1. The fraction of sp³-hybridized carbons (Fsp3) is 0.500. The maximum atomic E-state index is 10.0. The van der Waals surface area contributed by atoms with Gasteiger partial charge in [0.05, 0.1) is 0 Å². The largest absolute Gasteiger partial charge is 0.465 e. The molecule has 1 aliphatic carbocycles. The highest BCUT2D eigenvalue weighted by molar-refractivity contribution is 5.67. The molecule has 0 fully saturated rings. The number of rotatable bonds is 1. The first-order chi connectivity index (χ1) is 4.29. The molecular formula is C6H9NO2. The van der Waals surface area contributed by atoms with Crippen molar-refractivity contribution in [2.45, 2.75) is 19.3 Å². The first kappa shape index (κ1) is 6.13. The summed E-state index contributed by atoms with van der Waals surface area (Å²) in [6, 6.07) is 0. The average Bonchev–Trinajstić information content (AvgIpc) is 2.15. The van der Waals surface area contributed by atoms with Crippen molar-refractivity contribution in [3.05, 3.63) is 11.8 Å². The maximum absolute atomic E-state index is 10.0. The zero-order valence-corrected chi connectivity index (χ0v) is 5.05. The van der Waals surface area contributed by atoms with Crippen molar-refractivity contribution in [2.24, 2.45) is 0 Å². The summed E-state index contributed by atoms with van der Waals surface area (Å²) in [6.07, 6.45) is 3.94. The molecule has 0 saturated carbocycles. The minimum Gasteiger partial charge on any atom is -0.465 e. The molecule has 0 unspecified atom stereocenters. The van der Waals surface area contributed by atoms with Crippen molar-refractivity contribution in [2.75, 3.05) is 0 Å². The Bertz CT molecular complexity index is 151. The van der Waals surface area contributed by atoms with Crippen LogP contribution in [0.5, 0.6) is 0 Å². The Morgan fingerprint density at radius 1 is 1.78 bits per heavy atom. The molecule has 0 bridgehead atoms. The van der Waals surface area contributed by atoms with E-state index < -0.39 is 6.09 Å². The van der Waals surface area contributed by atoms with Crippen molar-refractivity contribution in [3.8, 4) is 0 Å². The van der Waals surface area contributed by atoms with E-state index in [1.807, 2.05) is 6.08 Å². The van der Waals surface area contributed by atoms with Crippen molar-refractivity contribution in [3.63, 3.8) is 0 Å². The smallest absolute Gasteiger partial charge is 0.408 e. The Morgan fingerprint density at radius 2 is 2.56 bits per heavy atom. The lowest BCUT2D eigenvalue weighted by Gasteiger charge is -1.97. The van der Waals surface area contributed by atoms with Crippen LogP contribution in [0.3, 0.4) is 0 Å². The molecule has 0 aromatic heterocycles. The van der Waals surface area contributed by atoms with Crippen LogP contribution < -0.4 is 5.32 Å². The Labute approximate surface area is 53.4 Å². The molecule has 1 amide bonds. The number of carboxylic acid groups (broad SMARTS) is 1. The third-order valence-electron chi connectivity index (χ3n) is 1.31. The molecule has 50 valence electrons. The van der Waals surface area contributed by atoms with Gasteiger partial charge in [0, 0.05) is 5.70 Å². The monoisotopic (exact) mass is 127 g/mol. The van der Waals surface area contributed by atoms with Gasteiger partial charge >= 0.3 is 6.09 Å². The van der Waals surface area contributed by atoms with Gasteiger partial charge in [0.2, 0.25) is 0 Å². The Kier molecular flexibility index (Phi) is 1.72. The normalized spacial score (nSPS) is 17.1. The fourth-order valence-electron chi connectivity index (χ4n) is 0.922. The van der Waals surface area contributed by atoms with Crippen LogP contribution in [0.25, 0.3) is 0 Å². The van der Waals surface area contributed by atoms with E-state index in [1.165, 1.54) is 0 Å². The minimum absolute atomic E-state index is 0.850. The molecule has 1 aliphatic rings. The van der Waals surface area contributed by atoms with E-state index >= 15 is 0 Å². The fourth-order valence-corrected chi connectivity index (χ4v) is 0.922. The van der Waals surface area contributed by atoms with Gasteiger partial charge in [-0.1, -0.05) is 6.08 Å². The van der Waals surface area contributed by atoms with Crippen molar-refractivity contribution in [1.82, 2.24) is 5.32 Å². The standard InChI is InChI=1S/C6H9NO2/c8-6(9)7-5-3-1-2-4-5/h3,7H,1-2,4H2,(H,8,9). The topological polar surface area (TPSA) is 49.3 Å². The Balaban J connectivity index is 2.35. The van der Waals surface area contributed by atoms with Crippen molar-refractivity contribution >= 4 is 6.09 Å². The minimum atomic E-state index is -0.955. The molecule has 0 aliphatic heterocycles. The summed E-state index contributed by atoms with van der Waals surface area (Å²) in [6.45, 7) is 0. The van der Waals surface area contributed by atoms with Gasteiger partial charge in [0.1, 0.15) is 0 Å². The molecule has 9 heavy (non-hydrogen) atoms. The van der Waals surface area contributed by atoms with Crippen LogP contribution in [0.4, 0.5) is 4.79 Å². The summed E-state index contributed by atoms with van der Waals surface area (Å²) in [5.74, 6) is 0. The van der Waals surface area contributed by atoms with E-state index in [0.717, 1.165) is 25.0 Å². The highest BCUT2D eigenvalue weighted by atomic mass is 16.4. The van der Waals surface area contributed by atoms with E-state index in [4.69, 9.17) is 5.11 Å². The van der Waals surface area contributed by atoms with Gasteiger partial charge < -0.3 is 5.11 Å². The Morgan fingerprint density at radius 3 is 3.00 bits per heavy atom. The molecule has 0 aromatic carbocycles. The van der Waals surface area contributed by atoms with E-state index in [2.05, 4.69) is 5.32 Å². The molecule has 0 heterocycles. The lowest BCUT2D eigenvalue weighted by molar-refractivity contribution is 0.197. The second-order valence-electron chi connectivity index (χ2n) is 2.05. The molecule has 2 N–H and O–H groups in total. The van der Waals surface area contributed by atoms with Crippen molar-refractivity contribution in [1.29, 1.82) is 0 Å². The van der Waals surface area contributed by atoms with Gasteiger partial charge in [-0.2, -0.15) is 0 Å². The molecule has 0 saturated heterocycles. The molecule has 0 spiro atoms. The van der Waals surface area contributed by atoms with Gasteiger partial charge in [-0.15, -0.1) is 0 Å². The van der Waals surface area contributed by atoms with E-state index in [9.17, 15) is 4.79 Å². The number of allylic oxidation sites excluding steroid dienone is 2. The highest BCUT2D eigenvalue weighted by Gasteiger charge is 2.05. The van der Waals surface area contributed by atoms with Crippen LogP contribution in [0.2, 0.25) is 0 Å². The van der Waals surface area contributed by atoms with Gasteiger partial charge in [-0.3, -0.25) is 5.32 Å². The zero-order valence-electron chi connectivity index (χ0n) is 5.05. The highest BCUT2D eigenvalue weighted by Crippen LogP contribution is 2.13. The number of hydrogen-bond donors (Lipinski definition) is 2. The summed E-state index contributed by atoms with van der Waals surface area (Å²) < 4.78 is 0. The molecule has 0 atom stereocenters. The third-order valence-corrected chi connectivity index (χ3v) is 1.31. The SMILES string of the molecule is O=C(O)NC1=CCCC1. The molecule has 3 nitrogen and oxygen atoms in total. The van der Waals surface area contributed by atoms with Crippen LogP contribution in [0.15, 0.2) is 11.8 Å². The summed E-state index contributed by atoms with van der Waals surface area (Å²) in [5.41, 5.74) is 0.850. The van der Waals surface area contributed by atoms with Gasteiger partial charge in [0.15, 0.2) is 0 Å². The zero-order chi connectivity index (χ0) is 6.69. The van der Waals surface area contributed by atoms with Gasteiger partial charge in [0.25, 0.3) is 0 Å². The summed E-state index contributed by atoms with van der Waals surface area (Å²) in [5, 5.41) is 10.5. The maximum Gasteiger partial charge on any atom is 0.408 e. The molecule has 0 aromatic rings. The second-order valence-corrected chi connectivity index (χ2v) is 2.05. The molecule has 1 rings (SSSR count). The van der Waals surface area contributed by atoms with E-state index in [0.29, 0.717) is 0 Å². The summed E-state index contributed by atoms with van der Waals surface area (Å²) >= 11 is 0. The van der Waals surface area contributed by atoms with E-state index in [-0.39, 0.29) is 0 Å². The van der Waals surface area contributed by atoms with E-state index in [1.54, 1.807) is 0 Å². The van der Waals surface area contributed by atoms with Crippen LogP contribution in [0.1, 0.15) is 19.3 Å². The van der Waals surface area contributed by atoms with Crippen LogP contribution >= 0.6 is 0 Å². The number of hydrogen-bond acceptors (Lipinski definition) is 1. The Hall–Kier alpha value is -0.990. The van der Waals surface area contributed by atoms with Crippen LogP contribution in [-0.4, -0.2) is 11.2 Å². The van der Waals surface area contributed by atoms with Crippen LogP contribution in [-0.2, 0) is 0 Å². The lowest BCUT2D eigenvalue weighted by atomic mass is 10.3. The van der Waals surface area contributed by atoms with Crippen LogP contribution in [0, 0.1) is 0 Å². The third kappa shape index (κ3) is 1.76. The van der Waals surface area contributed by atoms with Gasteiger partial charge in [-0.25, -0.2) is 4.79 Å². The average molecular weight is 127 g/mol. The predicted molar refractivity (Wildman–Crippen MR) is 33.1 cm³/mol. The first-order valence-corrected chi connectivity index (χ1v) is 2.98. The van der Waals surface area contributed by atoms with Crippen molar-refractivity contribution < 1.29 is 9.90 Å². The molecule has 3 heteroatoms. The second kappa shape index (κ2) is 2.53. The van der Waals surface area contributed by atoms with Gasteiger partial charge in [-0.05, 0) is 19.3 Å². The lowest BCUT2D eigenvalue weighted by Crippen LogP contribution is -2.18. The summed E-state index contributed by atoms with van der Waals surface area (Å²) in [7, 11) is 0. The molecular weight excluding hydrogens is 118 g/mol. The predicted octanol–water partition coefficient (Wildman–Crippen LogP) is 1.32. The summed E-state index contributed by atoms with van der Waals surface area (Å²) in [4.78, 5) is 10.0. The first-order valence-electron chi connectivity index (χ1n) is 2.98. The number of carbonyl (C=O) groups is 1.